The highest BCUT2D eigenvalue weighted by atomic mass is 32.2. The van der Waals surface area contributed by atoms with Gasteiger partial charge in [-0.25, -0.2) is 13.2 Å². The van der Waals surface area contributed by atoms with Gasteiger partial charge in [0, 0.05) is 18.8 Å². The largest absolute Gasteiger partial charge is 0.338 e. The van der Waals surface area contributed by atoms with Crippen LogP contribution >= 0.6 is 0 Å². The molecule has 0 bridgehead atoms. The van der Waals surface area contributed by atoms with Gasteiger partial charge in [-0.2, -0.15) is 0 Å². The second-order valence-electron chi connectivity index (χ2n) is 7.45. The maximum Gasteiger partial charge on any atom is 0.319 e. The number of carbonyl (C=O) groups is 1. The van der Waals surface area contributed by atoms with Gasteiger partial charge >= 0.3 is 6.03 Å². The predicted molar refractivity (Wildman–Crippen MR) is 123 cm³/mol. The highest BCUT2D eigenvalue weighted by molar-refractivity contribution is 7.92. The summed E-state index contributed by atoms with van der Waals surface area (Å²) in [5.74, 6) is 0. The molecule has 1 heterocycles. The first-order chi connectivity index (χ1) is 15.0. The van der Waals surface area contributed by atoms with E-state index >= 15 is 0 Å². The van der Waals surface area contributed by atoms with Gasteiger partial charge in [0.1, 0.15) is 0 Å². The fraction of sp³-hybridized carbons (Fsp3) is 0.208. The van der Waals surface area contributed by atoms with Crippen molar-refractivity contribution in [3.05, 3.63) is 90.0 Å². The molecule has 2 N–H and O–H groups in total. The topological polar surface area (TPSA) is 78.5 Å². The van der Waals surface area contributed by atoms with Crippen molar-refractivity contribution >= 4 is 27.4 Å². The molecule has 0 aromatic heterocycles. The molecule has 160 valence electrons. The number of sulfonamides is 1. The minimum absolute atomic E-state index is 0.277. The molecule has 0 spiro atoms. The van der Waals surface area contributed by atoms with E-state index in [9.17, 15) is 13.2 Å². The van der Waals surface area contributed by atoms with Crippen LogP contribution in [0.2, 0.25) is 0 Å². The van der Waals surface area contributed by atoms with Gasteiger partial charge in [0.2, 0.25) is 0 Å². The summed E-state index contributed by atoms with van der Waals surface area (Å²) < 4.78 is 27.7. The molecule has 0 fully saturated rings. The van der Waals surface area contributed by atoms with Crippen LogP contribution in [0.4, 0.5) is 16.2 Å². The summed E-state index contributed by atoms with van der Waals surface area (Å²) in [7, 11) is -3.62. The Morgan fingerprint density at radius 2 is 1.65 bits per heavy atom. The van der Waals surface area contributed by atoms with Crippen molar-refractivity contribution in [2.75, 3.05) is 22.7 Å². The summed E-state index contributed by atoms with van der Waals surface area (Å²) in [5, 5.41) is 5.70. The molecule has 0 radical (unpaired) electrons. The molecule has 1 aliphatic rings. The van der Waals surface area contributed by atoms with Crippen molar-refractivity contribution in [1.29, 1.82) is 0 Å². The van der Waals surface area contributed by atoms with Crippen LogP contribution in [0.15, 0.2) is 83.8 Å². The minimum Gasteiger partial charge on any atom is -0.338 e. The molecule has 4 rings (SSSR count). The minimum atomic E-state index is -3.62. The molecule has 1 aliphatic heterocycles. The molecule has 0 saturated carbocycles. The zero-order valence-electron chi connectivity index (χ0n) is 17.1. The molecule has 0 aliphatic carbocycles. The summed E-state index contributed by atoms with van der Waals surface area (Å²) in [5.41, 5.74) is 3.39. The second-order valence-corrected chi connectivity index (χ2v) is 9.32. The quantitative estimate of drug-likeness (QED) is 0.609. The number of nitrogens with zero attached hydrogens (tertiary/aromatic N) is 1. The number of nitrogens with one attached hydrogen (secondary N) is 2. The Morgan fingerprint density at radius 1 is 0.935 bits per heavy atom. The first-order valence-corrected chi connectivity index (χ1v) is 11.8. The number of carbonyl (C=O) groups excluding carboxylic acids is 1. The lowest BCUT2D eigenvalue weighted by Gasteiger charge is -2.30. The Kier molecular flexibility index (Phi) is 6.23. The number of fused-ring (bicyclic) bond motifs is 1. The zero-order chi connectivity index (χ0) is 21.7. The molecule has 0 unspecified atom stereocenters. The van der Waals surface area contributed by atoms with Gasteiger partial charge in [-0.15, -0.1) is 0 Å². The number of anilines is 2. The Bertz CT molecular complexity index is 1150. The van der Waals surface area contributed by atoms with E-state index in [4.69, 9.17) is 0 Å². The molecule has 0 atom stereocenters. The average Bonchev–Trinajstić information content (AvgIpc) is 2.80. The lowest BCUT2D eigenvalue weighted by Crippen LogP contribution is -2.35. The van der Waals surface area contributed by atoms with Gasteiger partial charge in [0.15, 0.2) is 0 Å². The van der Waals surface area contributed by atoms with Crippen LogP contribution in [0.5, 0.6) is 0 Å². The Hall–Kier alpha value is -3.32. The Balaban J connectivity index is 1.43. The number of benzene rings is 3. The lowest BCUT2D eigenvalue weighted by molar-refractivity contribution is 0.252. The molecular formula is C24H25N3O3S. The summed E-state index contributed by atoms with van der Waals surface area (Å²) in [4.78, 5) is 12.5. The summed E-state index contributed by atoms with van der Waals surface area (Å²) in [6.45, 7) is 0.973. The number of rotatable bonds is 6. The number of amides is 2. The van der Waals surface area contributed by atoms with Crippen molar-refractivity contribution < 1.29 is 13.2 Å². The lowest BCUT2D eigenvalue weighted by atomic mass is 10.0. The maximum atomic E-state index is 13.1. The van der Waals surface area contributed by atoms with Crippen molar-refractivity contribution in [3.8, 4) is 0 Å². The number of urea groups is 1. The highest BCUT2D eigenvalue weighted by Crippen LogP contribution is 2.33. The molecule has 3 aromatic rings. The Morgan fingerprint density at radius 3 is 2.39 bits per heavy atom. The first-order valence-electron chi connectivity index (χ1n) is 10.3. The molecule has 7 heteroatoms. The van der Waals surface area contributed by atoms with E-state index in [1.165, 1.54) is 4.31 Å². The van der Waals surface area contributed by atoms with Crippen molar-refractivity contribution in [1.82, 2.24) is 5.32 Å². The van der Waals surface area contributed by atoms with Gasteiger partial charge in [-0.3, -0.25) is 4.31 Å². The third-order valence-corrected chi connectivity index (χ3v) is 7.11. The number of hydrogen-bond donors (Lipinski definition) is 2. The van der Waals surface area contributed by atoms with E-state index in [0.29, 0.717) is 24.5 Å². The highest BCUT2D eigenvalue weighted by Gasteiger charge is 2.29. The molecule has 3 aromatic carbocycles. The van der Waals surface area contributed by atoms with Crippen LogP contribution in [-0.4, -0.2) is 27.5 Å². The monoisotopic (exact) mass is 435 g/mol. The predicted octanol–water partition coefficient (Wildman–Crippen LogP) is 4.19. The fourth-order valence-corrected chi connectivity index (χ4v) is 5.31. The van der Waals surface area contributed by atoms with Gasteiger partial charge in [0.25, 0.3) is 10.0 Å². The van der Waals surface area contributed by atoms with Crippen LogP contribution < -0.4 is 14.9 Å². The second kappa shape index (κ2) is 9.22. The van der Waals surface area contributed by atoms with E-state index < -0.39 is 10.0 Å². The van der Waals surface area contributed by atoms with Crippen molar-refractivity contribution in [2.45, 2.75) is 24.2 Å². The van der Waals surface area contributed by atoms with Crippen LogP contribution in [0.1, 0.15) is 17.5 Å². The van der Waals surface area contributed by atoms with Crippen LogP contribution in [-0.2, 0) is 22.9 Å². The first kappa shape index (κ1) is 20.9. The van der Waals surface area contributed by atoms with Crippen molar-refractivity contribution in [3.63, 3.8) is 0 Å². The average molecular weight is 436 g/mol. The van der Waals surface area contributed by atoms with Crippen LogP contribution in [0.3, 0.4) is 0 Å². The normalized spacial score (nSPS) is 13.4. The Labute approximate surface area is 183 Å². The third-order valence-electron chi connectivity index (χ3n) is 5.29. The molecule has 31 heavy (non-hydrogen) atoms. The fourth-order valence-electron chi connectivity index (χ4n) is 3.75. The molecule has 2 amide bonds. The molecule has 0 saturated heterocycles. The summed E-state index contributed by atoms with van der Waals surface area (Å²) >= 11 is 0. The number of hydrogen-bond acceptors (Lipinski definition) is 3. The van der Waals surface area contributed by atoms with Gasteiger partial charge in [0.05, 0.1) is 10.6 Å². The van der Waals surface area contributed by atoms with Gasteiger partial charge < -0.3 is 10.6 Å². The number of aryl methyl sites for hydroxylation is 1. The van der Waals surface area contributed by atoms with Gasteiger partial charge in [-0.1, -0.05) is 48.5 Å². The maximum absolute atomic E-state index is 13.1. The third kappa shape index (κ3) is 4.88. The molecule has 6 nitrogen and oxygen atoms in total. The van der Waals surface area contributed by atoms with E-state index in [1.54, 1.807) is 42.5 Å². The standard InChI is InChI=1S/C24H25N3O3S/c28-24(25-16-15-19-8-3-1-4-9-19)26-21-13-14-23-20(18-21)10-7-17-27(23)31(29,30)22-11-5-2-6-12-22/h1-6,8-9,11-14,18H,7,10,15-17H2,(H2,25,26,28). The summed E-state index contributed by atoms with van der Waals surface area (Å²) in [6, 6.07) is 23.5. The van der Waals surface area contributed by atoms with Crippen LogP contribution in [0, 0.1) is 0 Å². The zero-order valence-corrected chi connectivity index (χ0v) is 17.9. The van der Waals surface area contributed by atoms with Crippen LogP contribution in [0.25, 0.3) is 0 Å². The van der Waals surface area contributed by atoms with Gasteiger partial charge in [-0.05, 0) is 60.7 Å². The van der Waals surface area contributed by atoms with E-state index in [2.05, 4.69) is 10.6 Å². The van der Waals surface area contributed by atoms with E-state index in [-0.39, 0.29) is 10.9 Å². The summed E-state index contributed by atoms with van der Waals surface area (Å²) in [6.07, 6.45) is 2.25. The van der Waals surface area contributed by atoms with E-state index in [0.717, 1.165) is 30.4 Å². The SMILES string of the molecule is O=C(NCCc1ccccc1)Nc1ccc2c(c1)CCCN2S(=O)(=O)c1ccccc1. The van der Waals surface area contributed by atoms with Crippen molar-refractivity contribution in [2.24, 2.45) is 0 Å². The van der Waals surface area contributed by atoms with E-state index in [1.807, 2.05) is 36.4 Å². The smallest absolute Gasteiger partial charge is 0.319 e. The molecular weight excluding hydrogens is 410 g/mol.